The van der Waals surface area contributed by atoms with Gasteiger partial charge in [-0.2, -0.15) is 0 Å². The molecule has 0 unspecified atom stereocenters. The number of carbonyl (C=O) groups is 2. The molecule has 1 saturated carbocycles. The van der Waals surface area contributed by atoms with E-state index in [0.29, 0.717) is 6.54 Å². The summed E-state index contributed by atoms with van der Waals surface area (Å²) >= 11 is 1.55. The summed E-state index contributed by atoms with van der Waals surface area (Å²) in [5.74, 6) is 0.0616. The molecule has 0 spiro atoms. The highest BCUT2D eigenvalue weighted by molar-refractivity contribution is 7.20. The maximum Gasteiger partial charge on any atom is 0.407 e. The molecule has 0 bridgehead atoms. The number of hydrogen-bond donors (Lipinski definition) is 1. The number of rotatable bonds is 6. The number of fused-ring (bicyclic) bond motifs is 1. The van der Waals surface area contributed by atoms with Crippen LogP contribution in [0.1, 0.15) is 61.7 Å². The summed E-state index contributed by atoms with van der Waals surface area (Å²) in [6.07, 6.45) is 6.49. The molecular formula is C32H35N3O3S. The van der Waals surface area contributed by atoms with Gasteiger partial charge >= 0.3 is 6.09 Å². The van der Waals surface area contributed by atoms with E-state index in [1.54, 1.807) is 17.5 Å². The number of aromatic nitrogens is 1. The lowest BCUT2D eigenvalue weighted by Gasteiger charge is -2.37. The van der Waals surface area contributed by atoms with Crippen LogP contribution in [-0.2, 0) is 11.3 Å². The van der Waals surface area contributed by atoms with Crippen LogP contribution in [0.15, 0.2) is 79.1 Å². The molecule has 1 aliphatic carbocycles. The molecule has 6 nitrogen and oxygen atoms in total. The van der Waals surface area contributed by atoms with Crippen LogP contribution in [0.25, 0.3) is 21.2 Å². The summed E-state index contributed by atoms with van der Waals surface area (Å²) in [4.78, 5) is 33.4. The highest BCUT2D eigenvalue weighted by Gasteiger charge is 2.31. The minimum absolute atomic E-state index is 0.0475. The molecule has 2 heterocycles. The van der Waals surface area contributed by atoms with Gasteiger partial charge in [0.1, 0.15) is 5.60 Å². The second kappa shape index (κ2) is 11.6. The summed E-state index contributed by atoms with van der Waals surface area (Å²) in [6.45, 7) is 6.12. The smallest absolute Gasteiger partial charge is 0.407 e. The fourth-order valence-corrected chi connectivity index (χ4v) is 6.20. The Balaban J connectivity index is 1.36. The van der Waals surface area contributed by atoms with Gasteiger partial charge in [0.2, 0.25) is 0 Å². The third-order valence-electron chi connectivity index (χ3n) is 7.03. The van der Waals surface area contributed by atoms with Crippen molar-refractivity contribution in [1.82, 2.24) is 15.2 Å². The average Bonchev–Trinajstić information content (AvgIpc) is 3.36. The zero-order valence-electron chi connectivity index (χ0n) is 22.7. The summed E-state index contributed by atoms with van der Waals surface area (Å²) in [5.41, 5.74) is 2.69. The van der Waals surface area contributed by atoms with Crippen molar-refractivity contribution < 1.29 is 14.3 Å². The summed E-state index contributed by atoms with van der Waals surface area (Å²) < 4.78 is 6.56. The number of nitrogens with one attached hydrogen (secondary N) is 1. The third kappa shape index (κ3) is 6.84. The van der Waals surface area contributed by atoms with E-state index in [2.05, 4.69) is 40.6 Å². The third-order valence-corrected chi connectivity index (χ3v) is 8.13. The van der Waals surface area contributed by atoms with E-state index < -0.39 is 5.60 Å². The van der Waals surface area contributed by atoms with Crippen molar-refractivity contribution in [3.8, 4) is 11.1 Å². The minimum atomic E-state index is -0.529. The molecule has 2 aromatic carbocycles. The fourth-order valence-electron chi connectivity index (χ4n) is 5.18. The topological polar surface area (TPSA) is 71.5 Å². The van der Waals surface area contributed by atoms with Crippen LogP contribution in [0.5, 0.6) is 0 Å². The molecule has 7 heteroatoms. The predicted molar refractivity (Wildman–Crippen MR) is 157 cm³/mol. The quantitative estimate of drug-likeness (QED) is 0.275. The fraction of sp³-hybridized carbons (Fsp3) is 0.344. The maximum atomic E-state index is 14.0. The molecule has 5 rings (SSSR count). The van der Waals surface area contributed by atoms with Gasteiger partial charge in [0.15, 0.2) is 0 Å². The summed E-state index contributed by atoms with van der Waals surface area (Å²) in [6, 6.07) is 22.6. The Labute approximate surface area is 234 Å². The van der Waals surface area contributed by atoms with Gasteiger partial charge in [-0.3, -0.25) is 9.78 Å². The van der Waals surface area contributed by atoms with Gasteiger partial charge in [0.25, 0.3) is 5.91 Å². The first-order chi connectivity index (χ1) is 18.7. The molecular weight excluding hydrogens is 506 g/mol. The number of pyridine rings is 1. The van der Waals surface area contributed by atoms with Gasteiger partial charge in [-0.05, 0) is 92.8 Å². The molecule has 2 amide bonds. The van der Waals surface area contributed by atoms with Crippen molar-refractivity contribution in [3.63, 3.8) is 0 Å². The van der Waals surface area contributed by atoms with Crippen LogP contribution in [-0.4, -0.2) is 39.6 Å². The first-order valence-corrected chi connectivity index (χ1v) is 14.4. The van der Waals surface area contributed by atoms with Gasteiger partial charge in [-0.15, -0.1) is 11.3 Å². The van der Waals surface area contributed by atoms with Gasteiger partial charge in [-0.1, -0.05) is 42.5 Å². The summed E-state index contributed by atoms with van der Waals surface area (Å²) in [7, 11) is 0. The molecule has 1 aliphatic rings. The van der Waals surface area contributed by atoms with Crippen molar-refractivity contribution in [2.24, 2.45) is 0 Å². The number of ether oxygens (including phenoxy) is 1. The Kier molecular flexibility index (Phi) is 7.98. The van der Waals surface area contributed by atoms with E-state index in [0.717, 1.165) is 57.3 Å². The first kappa shape index (κ1) is 26.9. The normalized spacial score (nSPS) is 17.5. The van der Waals surface area contributed by atoms with E-state index in [1.807, 2.05) is 68.3 Å². The molecule has 202 valence electrons. The Bertz CT molecular complexity index is 1400. The van der Waals surface area contributed by atoms with Crippen molar-refractivity contribution in [2.75, 3.05) is 0 Å². The Hall–Kier alpha value is -3.71. The zero-order valence-corrected chi connectivity index (χ0v) is 23.5. The van der Waals surface area contributed by atoms with E-state index in [-0.39, 0.29) is 24.1 Å². The second-order valence-electron chi connectivity index (χ2n) is 11.2. The molecule has 0 aliphatic heterocycles. The largest absolute Gasteiger partial charge is 0.444 e. The van der Waals surface area contributed by atoms with E-state index >= 15 is 0 Å². The predicted octanol–water partition coefficient (Wildman–Crippen LogP) is 7.44. The lowest BCUT2D eigenvalue weighted by Crippen LogP contribution is -2.46. The second-order valence-corrected chi connectivity index (χ2v) is 12.3. The molecule has 0 saturated heterocycles. The molecule has 1 fully saturated rings. The number of benzene rings is 2. The van der Waals surface area contributed by atoms with Crippen LogP contribution in [0, 0.1) is 0 Å². The Morgan fingerprint density at radius 2 is 1.74 bits per heavy atom. The lowest BCUT2D eigenvalue weighted by atomic mass is 9.89. The molecule has 2 aromatic heterocycles. The van der Waals surface area contributed by atoms with Crippen molar-refractivity contribution in [3.05, 3.63) is 89.6 Å². The van der Waals surface area contributed by atoms with Gasteiger partial charge in [0, 0.05) is 35.7 Å². The minimum Gasteiger partial charge on any atom is -0.444 e. The van der Waals surface area contributed by atoms with Crippen LogP contribution in [0.4, 0.5) is 4.79 Å². The number of hydrogen-bond acceptors (Lipinski definition) is 5. The van der Waals surface area contributed by atoms with Crippen molar-refractivity contribution >= 4 is 33.4 Å². The highest BCUT2D eigenvalue weighted by Crippen LogP contribution is 2.31. The molecule has 0 radical (unpaired) electrons. The van der Waals surface area contributed by atoms with Crippen LogP contribution in [0.3, 0.4) is 0 Å². The molecule has 0 atom stereocenters. The lowest BCUT2D eigenvalue weighted by molar-refractivity contribution is 0.0454. The van der Waals surface area contributed by atoms with Crippen LogP contribution >= 0.6 is 11.3 Å². The Morgan fingerprint density at radius 1 is 0.974 bits per heavy atom. The SMILES string of the molecule is CC(C)(C)OC(=O)N[C@H]1CC[C@H](N(Cc2cccc(-c3cccnc3)c2)C(=O)c2cc3ccccc3s2)CC1. The van der Waals surface area contributed by atoms with Gasteiger partial charge < -0.3 is 15.0 Å². The van der Waals surface area contributed by atoms with Crippen LogP contribution in [0.2, 0.25) is 0 Å². The maximum absolute atomic E-state index is 14.0. The molecule has 1 N–H and O–H groups in total. The monoisotopic (exact) mass is 541 g/mol. The standard InChI is InChI=1S/C32H35N3O3S/c1-32(2,3)38-31(37)34-26-13-15-27(16-14-26)35(30(36)29-19-24-9-4-5-12-28(24)39-29)21-22-8-6-10-23(18-22)25-11-7-17-33-20-25/h4-12,17-20,26-27H,13-16,21H2,1-3H3,(H,34,37)/t26-,27-. The van der Waals surface area contributed by atoms with E-state index in [4.69, 9.17) is 4.74 Å². The number of nitrogens with zero attached hydrogens (tertiary/aromatic N) is 2. The number of amides is 2. The number of carbonyl (C=O) groups excluding carboxylic acids is 2. The zero-order chi connectivity index (χ0) is 27.4. The average molecular weight is 542 g/mol. The number of thiophene rings is 1. The number of alkyl carbamates (subject to hydrolysis) is 1. The first-order valence-electron chi connectivity index (χ1n) is 13.5. The summed E-state index contributed by atoms with van der Waals surface area (Å²) in [5, 5.41) is 4.11. The molecule has 4 aromatic rings. The van der Waals surface area contributed by atoms with E-state index in [1.165, 1.54) is 0 Å². The van der Waals surface area contributed by atoms with Crippen molar-refractivity contribution in [1.29, 1.82) is 0 Å². The van der Waals surface area contributed by atoms with Gasteiger partial charge in [-0.25, -0.2) is 4.79 Å². The van der Waals surface area contributed by atoms with Crippen molar-refractivity contribution in [2.45, 2.75) is 70.7 Å². The van der Waals surface area contributed by atoms with Crippen LogP contribution < -0.4 is 5.32 Å². The van der Waals surface area contributed by atoms with Gasteiger partial charge in [0.05, 0.1) is 4.88 Å². The molecule has 39 heavy (non-hydrogen) atoms. The Morgan fingerprint density at radius 3 is 2.46 bits per heavy atom. The highest BCUT2D eigenvalue weighted by atomic mass is 32.1. The van der Waals surface area contributed by atoms with E-state index in [9.17, 15) is 9.59 Å².